The average Bonchev–Trinajstić information content (AvgIpc) is 2.21. The molecule has 0 heterocycles. The number of aliphatic carboxylic acids is 1. The predicted molar refractivity (Wildman–Crippen MR) is 59.8 cm³/mol. The van der Waals surface area contributed by atoms with Crippen LogP contribution in [0.3, 0.4) is 0 Å². The summed E-state index contributed by atoms with van der Waals surface area (Å²) >= 11 is 2.97. The van der Waals surface area contributed by atoms with Gasteiger partial charge in [0.2, 0.25) is 0 Å². The first-order valence-corrected chi connectivity index (χ1v) is 5.42. The summed E-state index contributed by atoms with van der Waals surface area (Å²) in [6.07, 6.45) is -0.0899. The van der Waals surface area contributed by atoms with E-state index in [1.807, 2.05) is 0 Å². The SMILES string of the molecule is CC(CC(=O)c1ccc(F)c(Br)c1)C(=O)O. The molecule has 0 saturated carbocycles. The molecule has 0 amide bonds. The fourth-order valence-corrected chi connectivity index (χ4v) is 1.53. The van der Waals surface area contributed by atoms with Gasteiger partial charge in [0.1, 0.15) is 5.82 Å². The number of carbonyl (C=O) groups excluding carboxylic acids is 1. The molecular formula is C11H10BrFO3. The molecule has 0 aliphatic rings. The van der Waals surface area contributed by atoms with Gasteiger partial charge in [0, 0.05) is 12.0 Å². The monoisotopic (exact) mass is 288 g/mol. The normalized spacial score (nSPS) is 12.2. The summed E-state index contributed by atoms with van der Waals surface area (Å²) in [6.45, 7) is 1.46. The first-order chi connectivity index (χ1) is 7.41. The number of carboxylic acids is 1. The maximum Gasteiger partial charge on any atom is 0.306 e. The molecule has 1 N–H and O–H groups in total. The molecule has 0 saturated heterocycles. The molecule has 0 radical (unpaired) electrons. The standard InChI is InChI=1S/C11H10BrFO3/c1-6(11(15)16)4-10(14)7-2-3-9(13)8(12)5-7/h2-3,5-6H,4H2,1H3,(H,15,16). The number of benzene rings is 1. The fourth-order valence-electron chi connectivity index (χ4n) is 1.15. The summed E-state index contributed by atoms with van der Waals surface area (Å²) in [5.74, 6) is -2.52. The Morgan fingerprint density at radius 3 is 2.62 bits per heavy atom. The molecule has 1 aromatic rings. The highest BCUT2D eigenvalue weighted by molar-refractivity contribution is 9.10. The van der Waals surface area contributed by atoms with Gasteiger partial charge < -0.3 is 5.11 Å². The van der Waals surface area contributed by atoms with Crippen molar-refractivity contribution >= 4 is 27.7 Å². The van der Waals surface area contributed by atoms with E-state index in [1.54, 1.807) is 0 Å². The summed E-state index contributed by atoms with van der Waals surface area (Å²) in [6, 6.07) is 3.87. The van der Waals surface area contributed by atoms with Gasteiger partial charge in [0.15, 0.2) is 5.78 Å². The predicted octanol–water partition coefficient (Wildman–Crippen LogP) is 2.88. The molecular weight excluding hydrogens is 279 g/mol. The maximum absolute atomic E-state index is 12.9. The topological polar surface area (TPSA) is 54.4 Å². The van der Waals surface area contributed by atoms with E-state index >= 15 is 0 Å². The molecule has 0 spiro atoms. The molecule has 16 heavy (non-hydrogen) atoms. The molecule has 3 nitrogen and oxygen atoms in total. The van der Waals surface area contributed by atoms with Crippen molar-refractivity contribution in [3.63, 3.8) is 0 Å². The summed E-state index contributed by atoms with van der Waals surface area (Å²) < 4.78 is 13.1. The third-order valence-electron chi connectivity index (χ3n) is 2.15. The third-order valence-corrected chi connectivity index (χ3v) is 2.76. The van der Waals surface area contributed by atoms with Crippen LogP contribution in [-0.2, 0) is 4.79 Å². The quantitative estimate of drug-likeness (QED) is 0.867. The Balaban J connectivity index is 2.81. The number of hydrogen-bond acceptors (Lipinski definition) is 2. The van der Waals surface area contributed by atoms with Gasteiger partial charge in [0.25, 0.3) is 0 Å². The van der Waals surface area contributed by atoms with Crippen LogP contribution >= 0.6 is 15.9 Å². The van der Waals surface area contributed by atoms with Crippen molar-refractivity contribution in [2.45, 2.75) is 13.3 Å². The van der Waals surface area contributed by atoms with Crippen LogP contribution in [0.4, 0.5) is 4.39 Å². The van der Waals surface area contributed by atoms with Gasteiger partial charge in [-0.25, -0.2) is 4.39 Å². The van der Waals surface area contributed by atoms with Crippen LogP contribution in [0.1, 0.15) is 23.7 Å². The number of ketones is 1. The van der Waals surface area contributed by atoms with Crippen LogP contribution in [-0.4, -0.2) is 16.9 Å². The first-order valence-electron chi connectivity index (χ1n) is 4.63. The zero-order valence-electron chi connectivity index (χ0n) is 8.54. The zero-order valence-corrected chi connectivity index (χ0v) is 10.1. The number of rotatable bonds is 4. The van der Waals surface area contributed by atoms with Crippen LogP contribution in [0.2, 0.25) is 0 Å². The van der Waals surface area contributed by atoms with Crippen LogP contribution < -0.4 is 0 Å². The van der Waals surface area contributed by atoms with Crippen molar-refractivity contribution < 1.29 is 19.1 Å². The number of carbonyl (C=O) groups is 2. The third kappa shape index (κ3) is 3.13. The highest BCUT2D eigenvalue weighted by Crippen LogP contribution is 2.19. The summed E-state index contributed by atoms with van der Waals surface area (Å²) in [5.41, 5.74) is 0.307. The molecule has 0 aliphatic carbocycles. The lowest BCUT2D eigenvalue weighted by atomic mass is 10.00. The van der Waals surface area contributed by atoms with Crippen molar-refractivity contribution in [3.8, 4) is 0 Å². The molecule has 5 heteroatoms. The van der Waals surface area contributed by atoms with Crippen molar-refractivity contribution in [2.75, 3.05) is 0 Å². The van der Waals surface area contributed by atoms with Crippen LogP contribution in [0.15, 0.2) is 22.7 Å². The molecule has 0 fully saturated rings. The van der Waals surface area contributed by atoms with E-state index in [-0.39, 0.29) is 16.7 Å². The molecule has 1 unspecified atom stereocenters. The van der Waals surface area contributed by atoms with Gasteiger partial charge in [-0.1, -0.05) is 6.92 Å². The highest BCUT2D eigenvalue weighted by atomic mass is 79.9. The van der Waals surface area contributed by atoms with Crippen molar-refractivity contribution in [1.29, 1.82) is 0 Å². The van der Waals surface area contributed by atoms with Gasteiger partial charge in [-0.3, -0.25) is 9.59 Å². The molecule has 0 aliphatic heterocycles. The van der Waals surface area contributed by atoms with Gasteiger partial charge >= 0.3 is 5.97 Å². The number of carboxylic acid groups (broad SMARTS) is 1. The maximum atomic E-state index is 12.9. The Bertz CT molecular complexity index is 431. The van der Waals surface area contributed by atoms with Crippen molar-refractivity contribution in [3.05, 3.63) is 34.1 Å². The molecule has 1 atom stereocenters. The Morgan fingerprint density at radius 2 is 2.12 bits per heavy atom. The Kier molecular flexibility index (Phi) is 4.18. The van der Waals surface area contributed by atoms with E-state index < -0.39 is 17.7 Å². The molecule has 1 aromatic carbocycles. The lowest BCUT2D eigenvalue weighted by Gasteiger charge is -2.05. The number of hydrogen-bond donors (Lipinski definition) is 1. The lowest BCUT2D eigenvalue weighted by Crippen LogP contribution is -2.14. The smallest absolute Gasteiger partial charge is 0.306 e. The summed E-state index contributed by atoms with van der Waals surface area (Å²) in [7, 11) is 0. The second-order valence-electron chi connectivity index (χ2n) is 3.50. The van der Waals surface area contributed by atoms with Crippen LogP contribution in [0.25, 0.3) is 0 Å². The van der Waals surface area contributed by atoms with Gasteiger partial charge in [0.05, 0.1) is 10.4 Å². The number of halogens is 2. The van der Waals surface area contributed by atoms with Gasteiger partial charge in [-0.15, -0.1) is 0 Å². The van der Waals surface area contributed by atoms with E-state index in [4.69, 9.17) is 5.11 Å². The van der Waals surface area contributed by atoms with Crippen molar-refractivity contribution in [1.82, 2.24) is 0 Å². The van der Waals surface area contributed by atoms with E-state index in [1.165, 1.54) is 25.1 Å². The average molecular weight is 289 g/mol. The summed E-state index contributed by atoms with van der Waals surface area (Å²) in [4.78, 5) is 22.2. The van der Waals surface area contributed by atoms with Crippen LogP contribution in [0, 0.1) is 11.7 Å². The molecule has 0 aromatic heterocycles. The van der Waals surface area contributed by atoms with E-state index in [9.17, 15) is 14.0 Å². The van der Waals surface area contributed by atoms with E-state index in [2.05, 4.69) is 15.9 Å². The molecule has 86 valence electrons. The molecule has 0 bridgehead atoms. The van der Waals surface area contributed by atoms with E-state index in [0.717, 1.165) is 0 Å². The van der Waals surface area contributed by atoms with Crippen molar-refractivity contribution in [2.24, 2.45) is 5.92 Å². The highest BCUT2D eigenvalue weighted by Gasteiger charge is 2.17. The largest absolute Gasteiger partial charge is 0.481 e. The Morgan fingerprint density at radius 1 is 1.50 bits per heavy atom. The fraction of sp³-hybridized carbons (Fsp3) is 0.273. The number of Topliss-reactive ketones (excluding diaryl/α,β-unsaturated/α-hetero) is 1. The molecule has 1 rings (SSSR count). The minimum absolute atomic E-state index is 0.0899. The summed E-state index contributed by atoms with van der Waals surface area (Å²) in [5, 5.41) is 8.66. The second kappa shape index (κ2) is 5.21. The van der Waals surface area contributed by atoms with Crippen LogP contribution in [0.5, 0.6) is 0 Å². The Labute approximate surface area is 100 Å². The van der Waals surface area contributed by atoms with Gasteiger partial charge in [-0.05, 0) is 34.1 Å². The second-order valence-corrected chi connectivity index (χ2v) is 4.35. The van der Waals surface area contributed by atoms with E-state index in [0.29, 0.717) is 5.56 Å². The lowest BCUT2D eigenvalue weighted by molar-refractivity contribution is -0.141. The minimum atomic E-state index is -1.02. The zero-order chi connectivity index (χ0) is 12.3. The Hall–Kier alpha value is -1.23. The van der Waals surface area contributed by atoms with Gasteiger partial charge in [-0.2, -0.15) is 0 Å². The first kappa shape index (κ1) is 12.8. The minimum Gasteiger partial charge on any atom is -0.481 e.